The molecule has 1 saturated heterocycles. The number of para-hydroxylation sites is 1. The Kier molecular flexibility index (Phi) is 4.19. The molecule has 5 nitrogen and oxygen atoms in total. The lowest BCUT2D eigenvalue weighted by atomic mass is 9.98. The second-order valence-electron chi connectivity index (χ2n) is 6.00. The summed E-state index contributed by atoms with van der Waals surface area (Å²) < 4.78 is 27.8. The molecule has 2 N–H and O–H groups in total. The molecule has 1 atom stereocenters. The number of nitrogens with one attached hydrogen (secondary N) is 1. The molecule has 2 fully saturated rings. The Morgan fingerprint density at radius 3 is 2.71 bits per heavy atom. The number of hydrogen-bond donors (Lipinski definition) is 2. The van der Waals surface area contributed by atoms with Crippen LogP contribution in [0.15, 0.2) is 29.2 Å². The number of aliphatic hydroxyl groups excluding tert-OH is 1. The summed E-state index contributed by atoms with van der Waals surface area (Å²) in [5, 5.41) is 9.35. The fraction of sp³-hybridized carbons (Fsp3) is 0.600. The predicted octanol–water partition coefficient (Wildman–Crippen LogP) is 1.34. The first-order chi connectivity index (χ1) is 10.1. The van der Waals surface area contributed by atoms with Crippen molar-refractivity contribution in [1.29, 1.82) is 0 Å². The Morgan fingerprint density at radius 1 is 1.24 bits per heavy atom. The highest BCUT2D eigenvalue weighted by Crippen LogP contribution is 2.30. The van der Waals surface area contributed by atoms with Gasteiger partial charge in [-0.15, -0.1) is 0 Å². The van der Waals surface area contributed by atoms with Gasteiger partial charge in [0.25, 0.3) is 0 Å². The third kappa shape index (κ3) is 3.39. The van der Waals surface area contributed by atoms with Crippen molar-refractivity contribution >= 4 is 15.7 Å². The fourth-order valence-corrected chi connectivity index (χ4v) is 4.39. The van der Waals surface area contributed by atoms with E-state index in [-0.39, 0.29) is 18.6 Å². The zero-order valence-electron chi connectivity index (χ0n) is 12.0. The smallest absolute Gasteiger partial charge is 0.242 e. The maximum Gasteiger partial charge on any atom is 0.242 e. The Hall–Kier alpha value is -1.11. The molecule has 1 unspecified atom stereocenters. The molecule has 0 amide bonds. The van der Waals surface area contributed by atoms with Crippen LogP contribution >= 0.6 is 0 Å². The molecular formula is C15H22N2O3S. The first kappa shape index (κ1) is 14.8. The summed E-state index contributed by atoms with van der Waals surface area (Å²) in [7, 11) is -3.46. The maximum absolute atomic E-state index is 12.5. The van der Waals surface area contributed by atoms with Gasteiger partial charge in [-0.25, -0.2) is 13.1 Å². The monoisotopic (exact) mass is 310 g/mol. The van der Waals surface area contributed by atoms with Crippen molar-refractivity contribution in [3.63, 3.8) is 0 Å². The molecule has 2 aliphatic rings. The van der Waals surface area contributed by atoms with Crippen molar-refractivity contribution < 1.29 is 13.5 Å². The standard InChI is InChI=1S/C15H22N2O3S/c18-11-12-4-3-9-17(10-12)14-5-1-2-6-15(14)21(19,20)16-13-7-8-13/h1-2,5-6,12-13,16,18H,3-4,7-11H2. The molecule has 0 spiro atoms. The van der Waals surface area contributed by atoms with Crippen LogP contribution in [-0.2, 0) is 10.0 Å². The van der Waals surface area contributed by atoms with Gasteiger partial charge in [-0.2, -0.15) is 0 Å². The van der Waals surface area contributed by atoms with E-state index in [1.807, 2.05) is 12.1 Å². The van der Waals surface area contributed by atoms with E-state index in [1.54, 1.807) is 12.1 Å². The second-order valence-corrected chi connectivity index (χ2v) is 7.68. The van der Waals surface area contributed by atoms with Crippen LogP contribution < -0.4 is 9.62 Å². The zero-order chi connectivity index (χ0) is 14.9. The van der Waals surface area contributed by atoms with Gasteiger partial charge < -0.3 is 10.0 Å². The second kappa shape index (κ2) is 5.94. The lowest BCUT2D eigenvalue weighted by Crippen LogP contribution is -2.38. The minimum atomic E-state index is -3.46. The van der Waals surface area contributed by atoms with E-state index < -0.39 is 10.0 Å². The quantitative estimate of drug-likeness (QED) is 0.861. The van der Waals surface area contributed by atoms with Crippen LogP contribution in [0.4, 0.5) is 5.69 Å². The largest absolute Gasteiger partial charge is 0.396 e. The molecule has 3 rings (SSSR count). The van der Waals surface area contributed by atoms with Gasteiger partial charge in [0.15, 0.2) is 0 Å². The molecule has 21 heavy (non-hydrogen) atoms. The van der Waals surface area contributed by atoms with Gasteiger partial charge in [-0.1, -0.05) is 12.1 Å². The van der Waals surface area contributed by atoms with Gasteiger partial charge in [0.2, 0.25) is 10.0 Å². The summed E-state index contributed by atoms with van der Waals surface area (Å²) in [6.45, 7) is 1.71. The molecule has 0 bridgehead atoms. The summed E-state index contributed by atoms with van der Waals surface area (Å²) in [5.74, 6) is 0.228. The molecular weight excluding hydrogens is 288 g/mol. The van der Waals surface area contributed by atoms with Gasteiger partial charge in [0, 0.05) is 25.7 Å². The van der Waals surface area contributed by atoms with Crippen LogP contribution in [0.1, 0.15) is 25.7 Å². The Bertz CT molecular complexity index is 599. The van der Waals surface area contributed by atoms with Crippen molar-refractivity contribution in [2.75, 3.05) is 24.6 Å². The maximum atomic E-state index is 12.5. The lowest BCUT2D eigenvalue weighted by Gasteiger charge is -2.34. The van der Waals surface area contributed by atoms with Crippen LogP contribution in [0.5, 0.6) is 0 Å². The Balaban J connectivity index is 1.88. The average molecular weight is 310 g/mol. The summed E-state index contributed by atoms with van der Waals surface area (Å²) in [4.78, 5) is 2.45. The lowest BCUT2D eigenvalue weighted by molar-refractivity contribution is 0.208. The molecule has 6 heteroatoms. The highest BCUT2D eigenvalue weighted by molar-refractivity contribution is 7.89. The number of rotatable bonds is 5. The summed E-state index contributed by atoms with van der Waals surface area (Å²) in [6.07, 6.45) is 3.84. The molecule has 1 aromatic carbocycles. The third-order valence-electron chi connectivity index (χ3n) is 4.17. The van der Waals surface area contributed by atoms with E-state index in [9.17, 15) is 13.5 Å². The zero-order valence-corrected chi connectivity index (χ0v) is 12.8. The molecule has 1 heterocycles. The first-order valence-electron chi connectivity index (χ1n) is 7.57. The van der Waals surface area contributed by atoms with Crippen LogP contribution in [0.3, 0.4) is 0 Å². The van der Waals surface area contributed by atoms with E-state index in [0.29, 0.717) is 11.4 Å². The third-order valence-corrected chi connectivity index (χ3v) is 5.74. The molecule has 1 saturated carbocycles. The van der Waals surface area contributed by atoms with E-state index in [1.165, 1.54) is 0 Å². The number of nitrogens with zero attached hydrogens (tertiary/aromatic N) is 1. The van der Waals surface area contributed by atoms with Gasteiger partial charge >= 0.3 is 0 Å². The normalized spacial score (nSPS) is 23.3. The van der Waals surface area contributed by atoms with Crippen molar-refractivity contribution in [3.8, 4) is 0 Å². The number of sulfonamides is 1. The van der Waals surface area contributed by atoms with Crippen LogP contribution in [-0.4, -0.2) is 39.3 Å². The SMILES string of the molecule is O=S(=O)(NC1CC1)c1ccccc1N1CCCC(CO)C1. The minimum absolute atomic E-state index is 0.106. The molecule has 1 aromatic rings. The number of hydrogen-bond acceptors (Lipinski definition) is 4. The fourth-order valence-electron chi connectivity index (χ4n) is 2.86. The van der Waals surface area contributed by atoms with Gasteiger partial charge in [-0.3, -0.25) is 0 Å². The van der Waals surface area contributed by atoms with Gasteiger partial charge in [0.05, 0.1) is 5.69 Å². The van der Waals surface area contributed by atoms with Crippen LogP contribution in [0.2, 0.25) is 0 Å². The first-order valence-corrected chi connectivity index (χ1v) is 9.05. The van der Waals surface area contributed by atoms with Crippen molar-refractivity contribution in [1.82, 2.24) is 4.72 Å². The summed E-state index contributed by atoms with van der Waals surface area (Å²) in [5.41, 5.74) is 0.754. The number of aliphatic hydroxyl groups is 1. The van der Waals surface area contributed by atoms with E-state index in [0.717, 1.165) is 37.9 Å². The highest BCUT2D eigenvalue weighted by Gasteiger charge is 2.31. The van der Waals surface area contributed by atoms with Crippen molar-refractivity contribution in [3.05, 3.63) is 24.3 Å². The molecule has 116 valence electrons. The van der Waals surface area contributed by atoms with Crippen molar-refractivity contribution in [2.45, 2.75) is 36.6 Å². The van der Waals surface area contributed by atoms with Crippen LogP contribution in [0, 0.1) is 5.92 Å². The summed E-state index contributed by atoms with van der Waals surface area (Å²) in [6, 6.07) is 7.27. The van der Waals surface area contributed by atoms with Gasteiger partial charge in [0.1, 0.15) is 4.90 Å². The topological polar surface area (TPSA) is 69.6 Å². The average Bonchev–Trinajstić information content (AvgIpc) is 3.30. The van der Waals surface area contributed by atoms with Crippen molar-refractivity contribution in [2.24, 2.45) is 5.92 Å². The number of benzene rings is 1. The van der Waals surface area contributed by atoms with Gasteiger partial charge in [-0.05, 0) is 43.7 Å². The number of anilines is 1. The molecule has 1 aliphatic heterocycles. The Morgan fingerprint density at radius 2 is 2.00 bits per heavy atom. The van der Waals surface area contributed by atoms with Crippen LogP contribution in [0.25, 0.3) is 0 Å². The van der Waals surface area contributed by atoms with E-state index in [4.69, 9.17) is 0 Å². The Labute approximate surface area is 126 Å². The van der Waals surface area contributed by atoms with E-state index in [2.05, 4.69) is 9.62 Å². The molecule has 0 radical (unpaired) electrons. The predicted molar refractivity (Wildman–Crippen MR) is 81.8 cm³/mol. The number of piperidine rings is 1. The van der Waals surface area contributed by atoms with E-state index >= 15 is 0 Å². The minimum Gasteiger partial charge on any atom is -0.396 e. The molecule has 0 aromatic heterocycles. The highest BCUT2D eigenvalue weighted by atomic mass is 32.2. The molecule has 1 aliphatic carbocycles. The summed E-state index contributed by atoms with van der Waals surface area (Å²) >= 11 is 0.